The molecule has 14 heavy (non-hydrogen) atoms. The van der Waals surface area contributed by atoms with Crippen molar-refractivity contribution in [1.29, 1.82) is 0 Å². The number of ether oxygens (including phenoxy) is 2. The maximum absolute atomic E-state index is 13.7. The van der Waals surface area contributed by atoms with Crippen molar-refractivity contribution >= 4 is 5.97 Å². The van der Waals surface area contributed by atoms with Gasteiger partial charge in [-0.25, -0.2) is 4.39 Å². The predicted octanol–water partition coefficient (Wildman–Crippen LogP) is 1.70. The molecule has 1 saturated heterocycles. The van der Waals surface area contributed by atoms with Crippen molar-refractivity contribution in [2.45, 2.75) is 52.2 Å². The van der Waals surface area contributed by atoms with E-state index in [1.54, 1.807) is 13.8 Å². The lowest BCUT2D eigenvalue weighted by atomic mass is 9.90. The summed E-state index contributed by atoms with van der Waals surface area (Å²) >= 11 is 0. The molecule has 0 radical (unpaired) electrons. The van der Waals surface area contributed by atoms with Crippen LogP contribution in [0.3, 0.4) is 0 Å². The van der Waals surface area contributed by atoms with E-state index in [2.05, 4.69) is 0 Å². The van der Waals surface area contributed by atoms with Gasteiger partial charge in [-0.2, -0.15) is 0 Å². The second-order valence-electron chi connectivity index (χ2n) is 3.92. The molecule has 0 aromatic rings. The minimum absolute atomic E-state index is 0.133. The van der Waals surface area contributed by atoms with Gasteiger partial charge in [-0.15, -0.1) is 0 Å². The Kier molecular flexibility index (Phi) is 3.48. The highest BCUT2D eigenvalue weighted by Crippen LogP contribution is 2.29. The van der Waals surface area contributed by atoms with Gasteiger partial charge in [-0.3, -0.25) is 4.79 Å². The highest BCUT2D eigenvalue weighted by molar-refractivity contribution is 5.66. The molecule has 3 nitrogen and oxygen atoms in total. The number of hydrogen-bond donors (Lipinski definition) is 0. The molecule has 1 aliphatic rings. The van der Waals surface area contributed by atoms with E-state index in [1.807, 2.05) is 6.92 Å². The van der Waals surface area contributed by atoms with Crippen molar-refractivity contribution in [1.82, 2.24) is 0 Å². The van der Waals surface area contributed by atoms with Crippen molar-refractivity contribution in [2.75, 3.05) is 0 Å². The van der Waals surface area contributed by atoms with Crippen LogP contribution in [0, 0.1) is 5.92 Å². The summed E-state index contributed by atoms with van der Waals surface area (Å²) in [6.45, 7) is 6.60. The fourth-order valence-corrected chi connectivity index (χ4v) is 1.71. The molecule has 0 spiro atoms. The molecule has 0 bridgehead atoms. The van der Waals surface area contributed by atoms with Crippen LogP contribution in [-0.4, -0.2) is 30.5 Å². The number of carbonyl (C=O) groups is 1. The molecule has 82 valence electrons. The molecule has 0 N–H and O–H groups in total. The van der Waals surface area contributed by atoms with Gasteiger partial charge in [-0.1, -0.05) is 6.92 Å². The first kappa shape index (κ1) is 11.4. The molecule has 5 atom stereocenters. The Labute approximate surface area is 83.6 Å². The lowest BCUT2D eigenvalue weighted by molar-refractivity contribution is -0.192. The molecule has 0 aromatic heterocycles. The van der Waals surface area contributed by atoms with Crippen LogP contribution in [-0.2, 0) is 14.3 Å². The largest absolute Gasteiger partial charge is 0.457 e. The third-order valence-corrected chi connectivity index (χ3v) is 2.75. The van der Waals surface area contributed by atoms with E-state index in [1.165, 1.54) is 6.92 Å². The van der Waals surface area contributed by atoms with Gasteiger partial charge in [0.05, 0.1) is 12.2 Å². The summed E-state index contributed by atoms with van der Waals surface area (Å²) in [6.07, 6.45) is -2.41. The summed E-state index contributed by atoms with van der Waals surface area (Å²) in [6, 6.07) is 0. The highest BCUT2D eigenvalue weighted by atomic mass is 19.1. The number of rotatable bonds is 1. The number of alkyl halides is 1. The third-order valence-electron chi connectivity index (χ3n) is 2.75. The Morgan fingerprint density at radius 2 is 1.86 bits per heavy atom. The van der Waals surface area contributed by atoms with E-state index in [9.17, 15) is 9.18 Å². The van der Waals surface area contributed by atoms with Crippen molar-refractivity contribution in [3.8, 4) is 0 Å². The van der Waals surface area contributed by atoms with Gasteiger partial charge < -0.3 is 9.47 Å². The Balaban J connectivity index is 2.68. The van der Waals surface area contributed by atoms with E-state index in [-0.39, 0.29) is 18.1 Å². The van der Waals surface area contributed by atoms with Gasteiger partial charge in [0.25, 0.3) is 0 Å². The molecule has 0 aromatic carbocycles. The zero-order valence-electron chi connectivity index (χ0n) is 8.99. The zero-order chi connectivity index (χ0) is 10.9. The average molecular weight is 204 g/mol. The second-order valence-corrected chi connectivity index (χ2v) is 3.92. The van der Waals surface area contributed by atoms with E-state index in [0.29, 0.717) is 0 Å². The Bertz CT molecular complexity index is 219. The maximum Gasteiger partial charge on any atom is 0.303 e. The standard InChI is InChI=1S/C10H17FO3/c1-5-6(2)13-7(3)10(9(5)11)14-8(4)12/h5-7,9-10H,1-4H3/t5-,6?,7-,9-,10-/m0/s1. The maximum atomic E-state index is 13.7. The van der Waals surface area contributed by atoms with Gasteiger partial charge in [0.1, 0.15) is 6.17 Å². The van der Waals surface area contributed by atoms with E-state index < -0.39 is 18.2 Å². The minimum Gasteiger partial charge on any atom is -0.457 e. The fraction of sp³-hybridized carbons (Fsp3) is 0.900. The summed E-state index contributed by atoms with van der Waals surface area (Å²) in [5.41, 5.74) is 0. The van der Waals surface area contributed by atoms with Crippen LogP contribution in [0.25, 0.3) is 0 Å². The Hall–Kier alpha value is -0.640. The van der Waals surface area contributed by atoms with E-state index in [0.717, 1.165) is 0 Å². The molecule has 1 aliphatic heterocycles. The first-order valence-electron chi connectivity index (χ1n) is 4.90. The Morgan fingerprint density at radius 3 is 2.36 bits per heavy atom. The SMILES string of the molecule is CC(=O)O[C@@H]1[C@@H](F)[C@@H](C)C(C)O[C@H]1C. The fourth-order valence-electron chi connectivity index (χ4n) is 1.71. The second kappa shape index (κ2) is 4.26. The normalized spacial score (nSPS) is 43.4. The van der Waals surface area contributed by atoms with Gasteiger partial charge in [0.2, 0.25) is 0 Å². The van der Waals surface area contributed by atoms with Crippen LogP contribution >= 0.6 is 0 Å². The number of carbonyl (C=O) groups excluding carboxylic acids is 1. The molecule has 4 heteroatoms. The summed E-state index contributed by atoms with van der Waals surface area (Å²) < 4.78 is 24.1. The van der Waals surface area contributed by atoms with Gasteiger partial charge in [0.15, 0.2) is 6.10 Å². The third kappa shape index (κ3) is 2.23. The lowest BCUT2D eigenvalue weighted by Gasteiger charge is -2.39. The zero-order valence-corrected chi connectivity index (χ0v) is 8.99. The first-order valence-corrected chi connectivity index (χ1v) is 4.90. The molecule has 0 aliphatic carbocycles. The summed E-state index contributed by atoms with van der Waals surface area (Å²) in [5, 5.41) is 0. The summed E-state index contributed by atoms with van der Waals surface area (Å²) in [5.74, 6) is -0.703. The monoisotopic (exact) mass is 204 g/mol. The number of hydrogen-bond acceptors (Lipinski definition) is 3. The predicted molar refractivity (Wildman–Crippen MR) is 49.6 cm³/mol. The van der Waals surface area contributed by atoms with Crippen LogP contribution in [0.1, 0.15) is 27.7 Å². The molecule has 1 unspecified atom stereocenters. The molecule has 0 saturated carbocycles. The van der Waals surface area contributed by atoms with E-state index >= 15 is 0 Å². The molecule has 1 heterocycles. The lowest BCUT2D eigenvalue weighted by Crippen LogP contribution is -2.51. The van der Waals surface area contributed by atoms with Gasteiger partial charge in [-0.05, 0) is 13.8 Å². The molecule has 1 fully saturated rings. The summed E-state index contributed by atoms with van der Waals surface area (Å²) in [4.78, 5) is 10.7. The molecular formula is C10H17FO3. The van der Waals surface area contributed by atoms with E-state index in [4.69, 9.17) is 9.47 Å². The molecular weight excluding hydrogens is 187 g/mol. The average Bonchev–Trinajstić information content (AvgIpc) is 2.09. The van der Waals surface area contributed by atoms with Crippen LogP contribution < -0.4 is 0 Å². The van der Waals surface area contributed by atoms with Crippen molar-refractivity contribution < 1.29 is 18.7 Å². The quantitative estimate of drug-likeness (QED) is 0.610. The topological polar surface area (TPSA) is 35.5 Å². The van der Waals surface area contributed by atoms with Crippen molar-refractivity contribution in [3.63, 3.8) is 0 Å². The minimum atomic E-state index is -1.14. The number of halogens is 1. The summed E-state index contributed by atoms with van der Waals surface area (Å²) in [7, 11) is 0. The van der Waals surface area contributed by atoms with Crippen LogP contribution in [0.4, 0.5) is 4.39 Å². The Morgan fingerprint density at radius 1 is 1.29 bits per heavy atom. The van der Waals surface area contributed by atoms with Crippen LogP contribution in [0.15, 0.2) is 0 Å². The smallest absolute Gasteiger partial charge is 0.303 e. The van der Waals surface area contributed by atoms with Gasteiger partial charge >= 0.3 is 5.97 Å². The number of esters is 1. The van der Waals surface area contributed by atoms with Crippen molar-refractivity contribution in [3.05, 3.63) is 0 Å². The van der Waals surface area contributed by atoms with Crippen LogP contribution in [0.5, 0.6) is 0 Å². The molecule has 1 rings (SSSR count). The van der Waals surface area contributed by atoms with Gasteiger partial charge in [0, 0.05) is 12.8 Å². The highest BCUT2D eigenvalue weighted by Gasteiger charge is 2.42. The first-order chi connectivity index (χ1) is 6.43. The van der Waals surface area contributed by atoms with Crippen LogP contribution in [0.2, 0.25) is 0 Å². The molecule has 0 amide bonds. The van der Waals surface area contributed by atoms with Crippen molar-refractivity contribution in [2.24, 2.45) is 5.92 Å².